The molecule has 0 aliphatic carbocycles. The fourth-order valence-corrected chi connectivity index (χ4v) is 1.58. The molecule has 0 amide bonds. The van der Waals surface area contributed by atoms with Crippen LogP contribution < -0.4 is 10.1 Å². The second-order valence-corrected chi connectivity index (χ2v) is 3.47. The summed E-state index contributed by atoms with van der Waals surface area (Å²) < 4.78 is 5.04. The number of benzene rings is 1. The fourth-order valence-electron chi connectivity index (χ4n) is 1.33. The minimum atomic E-state index is -0.719. The van der Waals surface area contributed by atoms with Gasteiger partial charge in [-0.2, -0.15) is 0 Å². The molecule has 1 aromatic carbocycles. The van der Waals surface area contributed by atoms with Gasteiger partial charge in [-0.1, -0.05) is 11.6 Å². The molecule has 0 bridgehead atoms. The van der Waals surface area contributed by atoms with Gasteiger partial charge in [-0.25, -0.2) is 0 Å². The fraction of sp³-hybridized carbons (Fsp3) is 0.400. The number of aliphatic hydroxyl groups is 1. The van der Waals surface area contributed by atoms with E-state index in [2.05, 4.69) is 5.32 Å². The average molecular weight is 232 g/mol. The quantitative estimate of drug-likeness (QED) is 0.731. The number of ether oxygens (including phenoxy) is 1. The lowest BCUT2D eigenvalue weighted by molar-refractivity contribution is 0.173. The van der Waals surface area contributed by atoms with Gasteiger partial charge in [0.1, 0.15) is 16.5 Å². The molecule has 3 N–H and O–H groups in total. The van der Waals surface area contributed by atoms with Gasteiger partial charge in [0.05, 0.1) is 13.2 Å². The summed E-state index contributed by atoms with van der Waals surface area (Å²) in [5, 5.41) is 22.1. The van der Waals surface area contributed by atoms with Crippen molar-refractivity contribution < 1.29 is 14.9 Å². The molecule has 1 aromatic rings. The number of halogens is 1. The number of aromatic hydroxyl groups is 1. The summed E-state index contributed by atoms with van der Waals surface area (Å²) in [6, 6.07) is 3.02. The van der Waals surface area contributed by atoms with Crippen LogP contribution >= 0.6 is 11.6 Å². The lowest BCUT2D eigenvalue weighted by Gasteiger charge is -2.16. The molecule has 0 saturated carbocycles. The summed E-state index contributed by atoms with van der Waals surface area (Å²) >= 11 is 5.84. The van der Waals surface area contributed by atoms with E-state index in [9.17, 15) is 10.2 Å². The van der Waals surface area contributed by atoms with Crippen LogP contribution in [0.4, 0.5) is 0 Å². The predicted molar refractivity (Wildman–Crippen MR) is 58.6 cm³/mol. The van der Waals surface area contributed by atoms with Crippen LogP contribution in [0.2, 0.25) is 5.02 Å². The zero-order valence-corrected chi connectivity index (χ0v) is 9.38. The van der Waals surface area contributed by atoms with Crippen molar-refractivity contribution in [3.05, 3.63) is 22.7 Å². The zero-order valence-electron chi connectivity index (χ0n) is 8.62. The molecule has 0 heterocycles. The summed E-state index contributed by atoms with van der Waals surface area (Å²) in [6.07, 6.45) is -0.719. The highest BCUT2D eigenvalue weighted by Crippen LogP contribution is 2.38. The van der Waals surface area contributed by atoms with Crippen LogP contribution in [0.15, 0.2) is 12.1 Å². The van der Waals surface area contributed by atoms with Crippen molar-refractivity contribution >= 4 is 11.6 Å². The molecule has 1 atom stereocenters. The van der Waals surface area contributed by atoms with E-state index in [0.29, 0.717) is 17.9 Å². The van der Waals surface area contributed by atoms with E-state index in [-0.39, 0.29) is 10.8 Å². The van der Waals surface area contributed by atoms with E-state index in [1.807, 2.05) is 0 Å². The maximum absolute atomic E-state index is 9.77. The van der Waals surface area contributed by atoms with Crippen molar-refractivity contribution in [3.8, 4) is 11.5 Å². The molecule has 0 aromatic heterocycles. The van der Waals surface area contributed by atoms with Gasteiger partial charge in [-0.05, 0) is 19.2 Å². The summed E-state index contributed by atoms with van der Waals surface area (Å²) in [5.41, 5.74) is 0.551. The number of methoxy groups -OCH3 is 1. The molecule has 0 aliphatic heterocycles. The number of nitrogens with one attached hydrogen (secondary N) is 1. The highest BCUT2D eigenvalue weighted by molar-refractivity contribution is 6.33. The Morgan fingerprint density at radius 3 is 2.73 bits per heavy atom. The third-order valence-electron chi connectivity index (χ3n) is 2.07. The number of hydrogen-bond donors (Lipinski definition) is 3. The number of likely N-dealkylation sites (N-methyl/N-ethyl adjacent to an activating group) is 1. The van der Waals surface area contributed by atoms with Gasteiger partial charge in [-0.15, -0.1) is 0 Å². The first-order valence-electron chi connectivity index (χ1n) is 4.49. The third-order valence-corrected chi connectivity index (χ3v) is 2.43. The summed E-state index contributed by atoms with van der Waals surface area (Å²) in [4.78, 5) is 0. The molecule has 15 heavy (non-hydrogen) atoms. The van der Waals surface area contributed by atoms with Gasteiger partial charge in [0, 0.05) is 12.1 Å². The SMILES string of the molecule is CNCC(O)c1ccc(O)c(Cl)c1OC. The maximum atomic E-state index is 9.77. The minimum Gasteiger partial charge on any atom is -0.506 e. The maximum Gasteiger partial charge on any atom is 0.147 e. The molecule has 0 saturated heterocycles. The van der Waals surface area contributed by atoms with Crippen molar-refractivity contribution in [2.75, 3.05) is 20.7 Å². The Balaban J connectivity index is 3.12. The van der Waals surface area contributed by atoms with E-state index >= 15 is 0 Å². The number of rotatable bonds is 4. The molecule has 1 rings (SSSR count). The van der Waals surface area contributed by atoms with Crippen LogP contribution in [-0.4, -0.2) is 30.9 Å². The number of phenols is 1. The monoisotopic (exact) mass is 231 g/mol. The second kappa shape index (κ2) is 5.21. The largest absolute Gasteiger partial charge is 0.506 e. The highest BCUT2D eigenvalue weighted by Gasteiger charge is 2.17. The molecule has 0 aliphatic rings. The minimum absolute atomic E-state index is 0.0612. The average Bonchev–Trinajstić information content (AvgIpc) is 2.22. The topological polar surface area (TPSA) is 61.7 Å². The van der Waals surface area contributed by atoms with Crippen molar-refractivity contribution in [1.29, 1.82) is 0 Å². The molecule has 4 nitrogen and oxygen atoms in total. The molecule has 5 heteroatoms. The van der Waals surface area contributed by atoms with Crippen LogP contribution in [0, 0.1) is 0 Å². The highest BCUT2D eigenvalue weighted by atomic mass is 35.5. The van der Waals surface area contributed by atoms with Crippen LogP contribution in [0.5, 0.6) is 11.5 Å². The lowest BCUT2D eigenvalue weighted by Crippen LogP contribution is -2.17. The van der Waals surface area contributed by atoms with E-state index in [4.69, 9.17) is 16.3 Å². The molecule has 0 spiro atoms. The standard InChI is InChI=1S/C10H14ClNO3/c1-12-5-8(14)6-3-4-7(13)9(11)10(6)15-2/h3-4,8,12-14H,5H2,1-2H3. The van der Waals surface area contributed by atoms with E-state index in [1.165, 1.54) is 13.2 Å². The number of phenolic OH excluding ortho intramolecular Hbond substituents is 1. The Labute approximate surface area is 93.4 Å². The van der Waals surface area contributed by atoms with Gasteiger partial charge >= 0.3 is 0 Å². The van der Waals surface area contributed by atoms with Gasteiger partial charge in [0.25, 0.3) is 0 Å². The van der Waals surface area contributed by atoms with Crippen molar-refractivity contribution in [2.45, 2.75) is 6.10 Å². The summed E-state index contributed by atoms with van der Waals surface area (Å²) in [7, 11) is 3.17. The van der Waals surface area contributed by atoms with Crippen LogP contribution in [-0.2, 0) is 0 Å². The second-order valence-electron chi connectivity index (χ2n) is 3.09. The van der Waals surface area contributed by atoms with E-state index in [0.717, 1.165) is 0 Å². The van der Waals surface area contributed by atoms with E-state index in [1.54, 1.807) is 13.1 Å². The molecular formula is C10H14ClNO3. The molecular weight excluding hydrogens is 218 g/mol. The van der Waals surface area contributed by atoms with Crippen LogP contribution in [0.3, 0.4) is 0 Å². The van der Waals surface area contributed by atoms with Gasteiger partial charge in [0.15, 0.2) is 0 Å². The first-order valence-corrected chi connectivity index (χ1v) is 4.87. The summed E-state index contributed by atoms with van der Waals surface area (Å²) in [5.74, 6) is 0.244. The Morgan fingerprint density at radius 1 is 1.53 bits per heavy atom. The van der Waals surface area contributed by atoms with Crippen LogP contribution in [0.1, 0.15) is 11.7 Å². The Hall–Kier alpha value is -0.970. The van der Waals surface area contributed by atoms with Gasteiger partial charge in [-0.3, -0.25) is 0 Å². The molecule has 1 unspecified atom stereocenters. The first kappa shape index (κ1) is 12.1. The van der Waals surface area contributed by atoms with Gasteiger partial charge in [0.2, 0.25) is 0 Å². The smallest absolute Gasteiger partial charge is 0.147 e. The molecule has 0 radical (unpaired) electrons. The Kier molecular flexibility index (Phi) is 4.20. The predicted octanol–water partition coefficient (Wildman–Crippen LogP) is 1.31. The van der Waals surface area contributed by atoms with Crippen molar-refractivity contribution in [1.82, 2.24) is 5.32 Å². The van der Waals surface area contributed by atoms with E-state index < -0.39 is 6.10 Å². The number of aliphatic hydroxyl groups excluding tert-OH is 1. The normalized spacial score (nSPS) is 12.5. The molecule has 84 valence electrons. The van der Waals surface area contributed by atoms with Gasteiger partial charge < -0.3 is 20.3 Å². The lowest BCUT2D eigenvalue weighted by atomic mass is 10.1. The summed E-state index contributed by atoms with van der Waals surface area (Å²) in [6.45, 7) is 0.386. The van der Waals surface area contributed by atoms with Crippen molar-refractivity contribution in [2.24, 2.45) is 0 Å². The Morgan fingerprint density at radius 2 is 2.20 bits per heavy atom. The van der Waals surface area contributed by atoms with Crippen molar-refractivity contribution in [3.63, 3.8) is 0 Å². The molecule has 0 fully saturated rings. The third kappa shape index (κ3) is 2.53. The first-order chi connectivity index (χ1) is 7.11. The Bertz CT molecular complexity index is 344. The van der Waals surface area contributed by atoms with Crippen LogP contribution in [0.25, 0.3) is 0 Å². The zero-order chi connectivity index (χ0) is 11.4. The number of hydrogen-bond acceptors (Lipinski definition) is 4.